The molecule has 0 spiro atoms. The first-order valence-electron chi connectivity index (χ1n) is 5.20. The highest BCUT2D eigenvalue weighted by Gasteiger charge is 2.12. The molecule has 0 bridgehead atoms. The third kappa shape index (κ3) is 3.84. The van der Waals surface area contributed by atoms with Crippen LogP contribution in [-0.2, 0) is 4.79 Å². The largest absolute Gasteiger partial charge is 0.396 e. The summed E-state index contributed by atoms with van der Waals surface area (Å²) in [6.45, 7) is 1.58. The molecular weight excluding hydrogens is 224 g/mol. The Balaban J connectivity index is 2.75. The Labute approximate surface area is 98.4 Å². The molecule has 0 aliphatic rings. The molecule has 0 aliphatic carbocycles. The van der Waals surface area contributed by atoms with Crippen molar-refractivity contribution in [1.82, 2.24) is 0 Å². The summed E-state index contributed by atoms with van der Waals surface area (Å²) >= 11 is 0. The number of nitro groups is 1. The van der Waals surface area contributed by atoms with Crippen molar-refractivity contribution in [1.29, 1.82) is 0 Å². The van der Waals surface area contributed by atoms with Crippen LogP contribution in [0, 0.1) is 17.0 Å². The van der Waals surface area contributed by atoms with Crippen LogP contribution in [0.15, 0.2) is 18.2 Å². The first kappa shape index (κ1) is 13.1. The van der Waals surface area contributed by atoms with Crippen LogP contribution in [0.1, 0.15) is 18.4 Å². The van der Waals surface area contributed by atoms with E-state index in [9.17, 15) is 14.9 Å². The normalized spacial score (nSPS) is 10.0. The maximum atomic E-state index is 11.3. The summed E-state index contributed by atoms with van der Waals surface area (Å²) in [6.07, 6.45) is 0.567. The van der Waals surface area contributed by atoms with E-state index in [0.717, 1.165) is 0 Å². The van der Waals surface area contributed by atoms with Crippen LogP contribution in [0.3, 0.4) is 0 Å². The van der Waals surface area contributed by atoms with Crippen molar-refractivity contribution in [2.75, 3.05) is 11.9 Å². The zero-order valence-electron chi connectivity index (χ0n) is 9.47. The van der Waals surface area contributed by atoms with Crippen LogP contribution in [0.5, 0.6) is 0 Å². The van der Waals surface area contributed by atoms with Crippen molar-refractivity contribution in [2.45, 2.75) is 19.8 Å². The van der Waals surface area contributed by atoms with Gasteiger partial charge in [0.2, 0.25) is 5.91 Å². The quantitative estimate of drug-likeness (QED) is 0.602. The Morgan fingerprint density at radius 2 is 2.24 bits per heavy atom. The number of nitro benzene ring substituents is 1. The Morgan fingerprint density at radius 3 is 2.82 bits per heavy atom. The van der Waals surface area contributed by atoms with Gasteiger partial charge in [-0.05, 0) is 19.4 Å². The Morgan fingerprint density at radius 1 is 1.53 bits per heavy atom. The Hall–Kier alpha value is -1.95. The number of aliphatic hydroxyl groups excluding tert-OH is 1. The molecule has 0 fully saturated rings. The SMILES string of the molecule is Cc1ccc(NC(=O)CCCO)cc1[N+](=O)[O-]. The second kappa shape index (κ2) is 5.95. The van der Waals surface area contributed by atoms with Crippen LogP contribution in [-0.4, -0.2) is 22.5 Å². The van der Waals surface area contributed by atoms with E-state index in [1.807, 2.05) is 0 Å². The van der Waals surface area contributed by atoms with Gasteiger partial charge in [0.15, 0.2) is 0 Å². The minimum Gasteiger partial charge on any atom is -0.396 e. The molecule has 0 saturated heterocycles. The van der Waals surface area contributed by atoms with E-state index >= 15 is 0 Å². The minimum atomic E-state index is -0.487. The predicted molar refractivity (Wildman–Crippen MR) is 62.8 cm³/mol. The number of benzene rings is 1. The summed E-state index contributed by atoms with van der Waals surface area (Å²) in [7, 11) is 0. The van der Waals surface area contributed by atoms with Crippen molar-refractivity contribution in [3.8, 4) is 0 Å². The Bertz CT molecular complexity index is 431. The van der Waals surface area contributed by atoms with E-state index in [0.29, 0.717) is 17.7 Å². The lowest BCUT2D eigenvalue weighted by Crippen LogP contribution is -2.12. The number of hydrogen-bond acceptors (Lipinski definition) is 4. The number of amides is 1. The second-order valence-corrected chi connectivity index (χ2v) is 3.63. The monoisotopic (exact) mass is 238 g/mol. The summed E-state index contributed by atoms with van der Waals surface area (Å²) in [5.41, 5.74) is 0.915. The van der Waals surface area contributed by atoms with Gasteiger partial charge in [0.1, 0.15) is 0 Å². The number of anilines is 1. The molecular formula is C11H14N2O4. The smallest absolute Gasteiger partial charge is 0.274 e. The van der Waals surface area contributed by atoms with Crippen LogP contribution < -0.4 is 5.32 Å². The minimum absolute atomic E-state index is 0.0232. The average molecular weight is 238 g/mol. The number of aryl methyl sites for hydroxylation is 1. The lowest BCUT2D eigenvalue weighted by molar-refractivity contribution is -0.385. The van der Waals surface area contributed by atoms with E-state index < -0.39 is 4.92 Å². The summed E-state index contributed by atoms with van der Waals surface area (Å²) in [6, 6.07) is 4.52. The zero-order valence-corrected chi connectivity index (χ0v) is 9.47. The van der Waals surface area contributed by atoms with E-state index in [2.05, 4.69) is 5.32 Å². The Kier molecular flexibility index (Phi) is 4.59. The van der Waals surface area contributed by atoms with Crippen molar-refractivity contribution < 1.29 is 14.8 Å². The van der Waals surface area contributed by atoms with E-state index in [1.54, 1.807) is 19.1 Å². The van der Waals surface area contributed by atoms with Gasteiger partial charge in [-0.3, -0.25) is 14.9 Å². The van der Waals surface area contributed by atoms with Crippen LogP contribution in [0.2, 0.25) is 0 Å². The molecule has 1 rings (SSSR count). The number of hydrogen-bond donors (Lipinski definition) is 2. The number of nitrogens with zero attached hydrogens (tertiary/aromatic N) is 1. The first-order valence-corrected chi connectivity index (χ1v) is 5.20. The number of nitrogens with one attached hydrogen (secondary N) is 1. The van der Waals surface area contributed by atoms with Gasteiger partial charge in [0.05, 0.1) is 4.92 Å². The highest BCUT2D eigenvalue weighted by molar-refractivity contribution is 5.91. The van der Waals surface area contributed by atoms with Gasteiger partial charge in [0.25, 0.3) is 5.69 Å². The molecule has 1 amide bonds. The van der Waals surface area contributed by atoms with E-state index in [4.69, 9.17) is 5.11 Å². The van der Waals surface area contributed by atoms with E-state index in [1.165, 1.54) is 6.07 Å². The maximum Gasteiger partial charge on any atom is 0.274 e. The lowest BCUT2D eigenvalue weighted by atomic mass is 10.2. The van der Waals surface area contributed by atoms with Gasteiger partial charge < -0.3 is 10.4 Å². The van der Waals surface area contributed by atoms with Gasteiger partial charge in [-0.15, -0.1) is 0 Å². The molecule has 0 unspecified atom stereocenters. The maximum absolute atomic E-state index is 11.3. The fraction of sp³-hybridized carbons (Fsp3) is 0.364. The van der Waals surface area contributed by atoms with Gasteiger partial charge in [-0.25, -0.2) is 0 Å². The highest BCUT2D eigenvalue weighted by atomic mass is 16.6. The van der Waals surface area contributed by atoms with Crippen molar-refractivity contribution in [3.63, 3.8) is 0 Å². The number of aliphatic hydroxyl groups is 1. The molecule has 0 aromatic heterocycles. The van der Waals surface area contributed by atoms with Gasteiger partial charge in [-0.1, -0.05) is 6.07 Å². The summed E-state index contributed by atoms with van der Waals surface area (Å²) in [5, 5.41) is 21.8. The fourth-order valence-corrected chi connectivity index (χ4v) is 1.35. The lowest BCUT2D eigenvalue weighted by Gasteiger charge is -2.05. The molecule has 0 heterocycles. The number of carbonyl (C=O) groups excluding carboxylic acids is 1. The van der Waals surface area contributed by atoms with Gasteiger partial charge >= 0.3 is 0 Å². The fourth-order valence-electron chi connectivity index (χ4n) is 1.35. The van der Waals surface area contributed by atoms with Crippen molar-refractivity contribution >= 4 is 17.3 Å². The molecule has 6 nitrogen and oxygen atoms in total. The van der Waals surface area contributed by atoms with Gasteiger partial charge in [-0.2, -0.15) is 0 Å². The molecule has 0 aliphatic heterocycles. The highest BCUT2D eigenvalue weighted by Crippen LogP contribution is 2.22. The topological polar surface area (TPSA) is 92.5 Å². The molecule has 6 heteroatoms. The predicted octanol–water partition coefficient (Wildman–Crippen LogP) is 1.61. The van der Waals surface area contributed by atoms with E-state index in [-0.39, 0.29) is 24.6 Å². The number of carbonyl (C=O) groups is 1. The third-order valence-electron chi connectivity index (χ3n) is 2.25. The van der Waals surface area contributed by atoms with Gasteiger partial charge in [0, 0.05) is 30.3 Å². The molecule has 1 aromatic rings. The third-order valence-corrected chi connectivity index (χ3v) is 2.25. The number of rotatable bonds is 5. The second-order valence-electron chi connectivity index (χ2n) is 3.63. The molecule has 1 aromatic carbocycles. The zero-order chi connectivity index (χ0) is 12.8. The van der Waals surface area contributed by atoms with Crippen molar-refractivity contribution in [3.05, 3.63) is 33.9 Å². The molecule has 17 heavy (non-hydrogen) atoms. The standard InChI is InChI=1S/C11H14N2O4/c1-8-4-5-9(7-10(8)13(16)17)12-11(15)3-2-6-14/h4-5,7,14H,2-3,6H2,1H3,(H,12,15). The van der Waals surface area contributed by atoms with Crippen LogP contribution >= 0.6 is 0 Å². The van der Waals surface area contributed by atoms with Crippen molar-refractivity contribution in [2.24, 2.45) is 0 Å². The molecule has 0 saturated carbocycles. The summed E-state index contributed by atoms with van der Waals surface area (Å²) < 4.78 is 0. The van der Waals surface area contributed by atoms with Crippen LogP contribution in [0.4, 0.5) is 11.4 Å². The average Bonchev–Trinajstić information content (AvgIpc) is 2.28. The molecule has 2 N–H and O–H groups in total. The van der Waals surface area contributed by atoms with Crippen LogP contribution in [0.25, 0.3) is 0 Å². The summed E-state index contributed by atoms with van der Waals surface area (Å²) in [4.78, 5) is 21.5. The first-order chi connectivity index (χ1) is 8.04. The molecule has 0 atom stereocenters. The molecule has 92 valence electrons. The molecule has 0 radical (unpaired) electrons. The summed E-state index contributed by atoms with van der Waals surface area (Å²) in [5.74, 6) is -0.266.